The number of nitrogens with one attached hydrogen (secondary N) is 1. The maximum atomic E-state index is 13.3. The Morgan fingerprint density at radius 2 is 1.63 bits per heavy atom. The molecule has 5 aliphatic rings. The van der Waals surface area contributed by atoms with E-state index in [0.29, 0.717) is 44.1 Å². The Bertz CT molecular complexity index is 1270. The third-order valence-electron chi connectivity index (χ3n) is 9.91. The number of rotatable bonds is 5. The molecule has 4 fully saturated rings. The van der Waals surface area contributed by atoms with Crippen LogP contribution in [0.1, 0.15) is 105 Å². The van der Waals surface area contributed by atoms with Crippen LogP contribution in [0.2, 0.25) is 0 Å². The minimum Gasteiger partial charge on any atom is -0.444 e. The molecule has 43 heavy (non-hydrogen) atoms. The van der Waals surface area contributed by atoms with Crippen LogP contribution in [0.4, 0.5) is 4.79 Å². The topological polar surface area (TPSA) is 108 Å². The summed E-state index contributed by atoms with van der Waals surface area (Å²) < 4.78 is 11.9. The van der Waals surface area contributed by atoms with Crippen molar-refractivity contribution >= 4 is 23.8 Å². The monoisotopic (exact) mass is 594 g/mol. The van der Waals surface area contributed by atoms with E-state index in [2.05, 4.69) is 22.3 Å². The van der Waals surface area contributed by atoms with E-state index in [0.717, 1.165) is 68.3 Å². The van der Waals surface area contributed by atoms with Crippen molar-refractivity contribution < 1.29 is 28.7 Å². The lowest BCUT2D eigenvalue weighted by Gasteiger charge is -2.47. The van der Waals surface area contributed by atoms with Gasteiger partial charge in [0.1, 0.15) is 11.6 Å². The van der Waals surface area contributed by atoms with Gasteiger partial charge in [-0.25, -0.2) is 4.79 Å². The highest BCUT2D eigenvalue weighted by atomic mass is 16.6. The third kappa shape index (κ3) is 6.45. The minimum absolute atomic E-state index is 0.0984. The van der Waals surface area contributed by atoms with Crippen molar-refractivity contribution in [3.63, 3.8) is 0 Å². The lowest BCUT2D eigenvalue weighted by Crippen LogP contribution is -2.52. The Kier molecular flexibility index (Phi) is 8.28. The molecule has 1 aliphatic carbocycles. The molecular weight excluding hydrogens is 548 g/mol. The molecule has 1 unspecified atom stereocenters. The maximum Gasteiger partial charge on any atom is 0.410 e. The van der Waals surface area contributed by atoms with E-state index in [9.17, 15) is 19.2 Å². The normalized spacial score (nSPS) is 27.6. The van der Waals surface area contributed by atoms with Crippen molar-refractivity contribution in [1.82, 2.24) is 20.0 Å². The number of amides is 4. The molecule has 4 heterocycles. The van der Waals surface area contributed by atoms with Crippen LogP contribution in [0.3, 0.4) is 0 Å². The Hall–Kier alpha value is -2.98. The van der Waals surface area contributed by atoms with Gasteiger partial charge in [-0.2, -0.15) is 0 Å². The van der Waals surface area contributed by atoms with Crippen molar-refractivity contribution in [2.45, 2.75) is 121 Å². The van der Waals surface area contributed by atoms with Crippen molar-refractivity contribution in [3.8, 4) is 0 Å². The fourth-order valence-corrected chi connectivity index (χ4v) is 7.51. The summed E-state index contributed by atoms with van der Waals surface area (Å²) in [5.74, 6) is -0.270. The summed E-state index contributed by atoms with van der Waals surface area (Å²) in [5, 5.41) is 2.39. The number of carbonyl (C=O) groups is 4. The Labute approximate surface area is 254 Å². The predicted molar refractivity (Wildman–Crippen MR) is 159 cm³/mol. The summed E-state index contributed by atoms with van der Waals surface area (Å²) >= 11 is 0. The number of hydrogen-bond donors (Lipinski definition) is 1. The average Bonchev–Trinajstić information content (AvgIpc) is 3.26. The van der Waals surface area contributed by atoms with E-state index in [4.69, 9.17) is 9.47 Å². The van der Waals surface area contributed by atoms with Crippen molar-refractivity contribution in [2.75, 3.05) is 26.2 Å². The molecule has 0 bridgehead atoms. The lowest BCUT2D eigenvalue weighted by molar-refractivity contribution is -0.136. The van der Waals surface area contributed by atoms with Gasteiger partial charge < -0.3 is 24.2 Å². The van der Waals surface area contributed by atoms with E-state index in [1.54, 1.807) is 9.80 Å². The molecule has 6 rings (SSSR count). The zero-order valence-corrected chi connectivity index (χ0v) is 26.0. The first-order valence-electron chi connectivity index (χ1n) is 16.1. The molecule has 1 N–H and O–H groups in total. The third-order valence-corrected chi connectivity index (χ3v) is 9.91. The highest BCUT2D eigenvalue weighted by Gasteiger charge is 2.41. The van der Waals surface area contributed by atoms with Gasteiger partial charge in [0, 0.05) is 37.7 Å². The van der Waals surface area contributed by atoms with Crippen LogP contribution >= 0.6 is 0 Å². The zero-order valence-electron chi connectivity index (χ0n) is 26.0. The fourth-order valence-electron chi connectivity index (χ4n) is 7.51. The van der Waals surface area contributed by atoms with Gasteiger partial charge in [-0.05, 0) is 108 Å². The predicted octanol–water partition coefficient (Wildman–Crippen LogP) is 3.88. The number of piperidine rings is 3. The first-order valence-corrected chi connectivity index (χ1v) is 16.1. The van der Waals surface area contributed by atoms with Gasteiger partial charge >= 0.3 is 6.09 Å². The number of carbonyl (C=O) groups excluding carboxylic acids is 4. The van der Waals surface area contributed by atoms with Gasteiger partial charge in [0.2, 0.25) is 11.8 Å². The molecule has 0 aromatic heterocycles. The van der Waals surface area contributed by atoms with Gasteiger partial charge in [-0.3, -0.25) is 19.7 Å². The molecule has 1 aromatic rings. The van der Waals surface area contributed by atoms with Crippen molar-refractivity contribution in [2.24, 2.45) is 0 Å². The molecule has 10 nitrogen and oxygen atoms in total. The van der Waals surface area contributed by atoms with Crippen molar-refractivity contribution in [1.29, 1.82) is 0 Å². The average molecular weight is 595 g/mol. The van der Waals surface area contributed by atoms with Crippen LogP contribution in [0, 0.1) is 6.92 Å². The smallest absolute Gasteiger partial charge is 0.410 e. The quantitative estimate of drug-likeness (QED) is 0.516. The van der Waals surface area contributed by atoms with Gasteiger partial charge in [-0.1, -0.05) is 12.1 Å². The van der Waals surface area contributed by atoms with Gasteiger partial charge in [0.25, 0.3) is 5.91 Å². The number of aryl methyl sites for hydroxylation is 1. The highest BCUT2D eigenvalue weighted by Crippen LogP contribution is 2.38. The zero-order chi connectivity index (χ0) is 30.5. The second-order valence-corrected chi connectivity index (χ2v) is 14.1. The molecule has 3 saturated heterocycles. The Morgan fingerprint density at radius 3 is 2.28 bits per heavy atom. The summed E-state index contributed by atoms with van der Waals surface area (Å²) in [5.41, 5.74) is 3.53. The van der Waals surface area contributed by atoms with Gasteiger partial charge in [0.15, 0.2) is 0 Å². The highest BCUT2D eigenvalue weighted by molar-refractivity contribution is 6.06. The first-order chi connectivity index (χ1) is 20.4. The molecule has 4 amide bonds. The second kappa shape index (κ2) is 11.8. The van der Waals surface area contributed by atoms with Crippen LogP contribution in [0.25, 0.3) is 0 Å². The standard InChI is InChI=1S/C33H46N4O6/c1-20-15-22(16-23-19-37(31(40)29(20)23)27-5-6-28(38)34-30(27)39)21-7-11-35(12-8-21)24-17-26(18-24)42-25-9-13-36(14-10-25)32(41)43-33(2,3)4/h15-16,21,24-27H,5-14,17-19H2,1-4H3,(H,34,38,39). The van der Waals surface area contributed by atoms with Crippen molar-refractivity contribution in [3.05, 3.63) is 34.4 Å². The summed E-state index contributed by atoms with van der Waals surface area (Å²) in [6, 6.07) is 4.36. The van der Waals surface area contributed by atoms with Gasteiger partial charge in [-0.15, -0.1) is 0 Å². The van der Waals surface area contributed by atoms with E-state index in [1.807, 2.05) is 27.7 Å². The Balaban J connectivity index is 0.953. The number of likely N-dealkylation sites (tertiary alicyclic amines) is 2. The summed E-state index contributed by atoms with van der Waals surface area (Å²) in [4.78, 5) is 55.7. The van der Waals surface area contributed by atoms with Crippen LogP contribution in [-0.4, -0.2) is 94.6 Å². The minimum atomic E-state index is -0.580. The molecule has 0 spiro atoms. The maximum absolute atomic E-state index is 13.3. The van der Waals surface area contributed by atoms with E-state index in [-0.39, 0.29) is 36.3 Å². The number of imide groups is 1. The molecular formula is C33H46N4O6. The number of ether oxygens (including phenoxy) is 2. The van der Waals surface area contributed by atoms with Crippen LogP contribution in [-0.2, 0) is 25.6 Å². The summed E-state index contributed by atoms with van der Waals surface area (Å²) in [7, 11) is 0. The molecule has 1 aromatic carbocycles. The number of nitrogens with zero attached hydrogens (tertiary/aromatic N) is 3. The number of hydrogen-bond acceptors (Lipinski definition) is 7. The molecule has 234 valence electrons. The fraction of sp³-hybridized carbons (Fsp3) is 0.697. The summed E-state index contributed by atoms with van der Waals surface area (Å²) in [6.07, 6.45) is 7.02. The van der Waals surface area contributed by atoms with E-state index in [1.165, 1.54) is 5.56 Å². The number of fused-ring (bicyclic) bond motifs is 1. The van der Waals surface area contributed by atoms with E-state index < -0.39 is 11.6 Å². The largest absolute Gasteiger partial charge is 0.444 e. The molecule has 1 saturated carbocycles. The van der Waals surface area contributed by atoms with Crippen LogP contribution in [0.15, 0.2) is 12.1 Å². The number of benzene rings is 1. The van der Waals surface area contributed by atoms with E-state index >= 15 is 0 Å². The Morgan fingerprint density at radius 1 is 0.930 bits per heavy atom. The SMILES string of the molecule is Cc1cc(C2CCN(C3CC(OC4CCN(C(=O)OC(C)(C)C)CC4)C3)CC2)cc2c1C(=O)N(C1CCC(=O)NC1=O)C2. The molecule has 10 heteroatoms. The first kappa shape index (κ1) is 30.1. The molecule has 4 aliphatic heterocycles. The lowest BCUT2D eigenvalue weighted by atomic mass is 9.82. The van der Waals surface area contributed by atoms with Gasteiger partial charge in [0.05, 0.1) is 12.2 Å². The molecule has 0 radical (unpaired) electrons. The van der Waals surface area contributed by atoms with Crippen LogP contribution < -0.4 is 5.32 Å². The summed E-state index contributed by atoms with van der Waals surface area (Å²) in [6.45, 7) is 11.6. The second-order valence-electron chi connectivity index (χ2n) is 14.1. The molecule has 1 atom stereocenters. The van der Waals surface area contributed by atoms with Crippen LogP contribution in [0.5, 0.6) is 0 Å².